The maximum Gasteiger partial charge on any atom is 0.319 e. The van der Waals surface area contributed by atoms with E-state index >= 15 is 0 Å². The van der Waals surface area contributed by atoms with Gasteiger partial charge in [-0.15, -0.1) is 0 Å². The van der Waals surface area contributed by atoms with E-state index in [1.54, 1.807) is 19.3 Å². The number of carbonyl (C=O) groups is 1. The Labute approximate surface area is 198 Å². The van der Waals surface area contributed by atoms with Crippen LogP contribution in [0.4, 0.5) is 26.6 Å². The van der Waals surface area contributed by atoms with Crippen LogP contribution in [0.5, 0.6) is 0 Å². The fraction of sp³-hybridized carbons (Fsp3) is 0.417. The lowest BCUT2D eigenvalue weighted by molar-refractivity contribution is 0.0654. The highest BCUT2D eigenvalue weighted by atomic mass is 19.1. The molecule has 1 unspecified atom stereocenters. The van der Waals surface area contributed by atoms with Crippen molar-refractivity contribution in [3.63, 3.8) is 0 Å². The van der Waals surface area contributed by atoms with Crippen LogP contribution in [-0.2, 0) is 0 Å². The maximum atomic E-state index is 14.8. The van der Waals surface area contributed by atoms with Crippen molar-refractivity contribution in [2.24, 2.45) is 10.4 Å². The number of benzene rings is 1. The number of nitrogens with zero attached hydrogens (tertiary/aromatic N) is 4. The van der Waals surface area contributed by atoms with Crippen molar-refractivity contribution in [2.45, 2.75) is 33.8 Å². The lowest BCUT2D eigenvalue weighted by Crippen LogP contribution is -2.41. The van der Waals surface area contributed by atoms with E-state index in [0.717, 1.165) is 28.4 Å². The lowest BCUT2D eigenvalue weighted by atomic mass is 9.89. The highest BCUT2D eigenvalue weighted by molar-refractivity contribution is 6.36. The first-order valence-electron chi connectivity index (χ1n) is 11.2. The molecule has 3 heterocycles. The minimum Gasteiger partial charge on any atom is -0.391 e. The van der Waals surface area contributed by atoms with Crippen LogP contribution in [0, 0.1) is 18.2 Å². The van der Waals surface area contributed by atoms with E-state index in [9.17, 15) is 14.3 Å². The van der Waals surface area contributed by atoms with Gasteiger partial charge in [0.25, 0.3) is 0 Å². The molecule has 4 N–H and O–H groups in total. The molecule has 0 aliphatic carbocycles. The molecule has 0 radical (unpaired) electrons. The van der Waals surface area contributed by atoms with E-state index in [0.29, 0.717) is 24.6 Å². The molecule has 1 aromatic heterocycles. The number of aromatic nitrogens is 2. The van der Waals surface area contributed by atoms with Crippen LogP contribution in [0.1, 0.15) is 37.5 Å². The summed E-state index contributed by atoms with van der Waals surface area (Å²) in [5, 5.41) is 18.3. The van der Waals surface area contributed by atoms with Crippen LogP contribution in [0.2, 0.25) is 0 Å². The predicted molar refractivity (Wildman–Crippen MR) is 133 cm³/mol. The molecule has 4 rings (SSSR count). The van der Waals surface area contributed by atoms with Gasteiger partial charge in [0.15, 0.2) is 0 Å². The van der Waals surface area contributed by atoms with Gasteiger partial charge in [0.2, 0.25) is 5.95 Å². The first-order chi connectivity index (χ1) is 16.1. The number of amides is 2. The average Bonchev–Trinajstić information content (AvgIpc) is 3.28. The van der Waals surface area contributed by atoms with Crippen molar-refractivity contribution in [3.05, 3.63) is 40.8 Å². The number of amidine groups is 1. The van der Waals surface area contributed by atoms with E-state index in [4.69, 9.17) is 0 Å². The molecular weight excluding hydrogens is 437 g/mol. The number of aliphatic hydroxyl groups excluding tert-OH is 1. The van der Waals surface area contributed by atoms with Crippen molar-refractivity contribution in [3.8, 4) is 0 Å². The number of aliphatic hydroxyl groups is 1. The quantitative estimate of drug-likeness (QED) is 0.537. The zero-order valence-corrected chi connectivity index (χ0v) is 20.0. The van der Waals surface area contributed by atoms with Crippen LogP contribution in [-0.4, -0.2) is 59.7 Å². The second kappa shape index (κ2) is 9.02. The topological polar surface area (TPSA) is 115 Å². The molecule has 0 bridgehead atoms. The van der Waals surface area contributed by atoms with Gasteiger partial charge in [-0.25, -0.2) is 14.2 Å². The number of fused-ring (bicyclic) bond motifs is 3. The zero-order valence-electron chi connectivity index (χ0n) is 20.0. The van der Waals surface area contributed by atoms with Crippen molar-refractivity contribution in [2.75, 3.05) is 42.2 Å². The lowest BCUT2D eigenvalue weighted by Gasteiger charge is -2.28. The number of rotatable bonds is 5. The number of nitrogens with one attached hydrogen (secondary N) is 3. The fourth-order valence-electron chi connectivity index (χ4n) is 3.84. The van der Waals surface area contributed by atoms with Gasteiger partial charge in [0.1, 0.15) is 17.5 Å². The third-order valence-corrected chi connectivity index (χ3v) is 5.96. The summed E-state index contributed by atoms with van der Waals surface area (Å²) in [7, 11) is 1.77. The van der Waals surface area contributed by atoms with Crippen LogP contribution in [0.3, 0.4) is 0 Å². The van der Waals surface area contributed by atoms with Gasteiger partial charge < -0.3 is 26.0 Å². The Morgan fingerprint density at radius 3 is 2.79 bits per heavy atom. The SMILES string of the molecule is CNc1ncc2c(n1)N1CCN=C1C(c1cc(NC(=O)NCC(O)C(C)(C)C)c(F)cc1C)=C2. The molecule has 2 aromatic rings. The highest BCUT2D eigenvalue weighted by Crippen LogP contribution is 2.37. The van der Waals surface area contributed by atoms with Gasteiger partial charge >= 0.3 is 6.03 Å². The Hall–Kier alpha value is -3.53. The number of carbonyl (C=O) groups excluding carboxylic acids is 1. The summed E-state index contributed by atoms with van der Waals surface area (Å²) in [5.41, 5.74) is 2.77. The molecule has 2 aliphatic heterocycles. The Kier molecular flexibility index (Phi) is 6.26. The van der Waals surface area contributed by atoms with Crippen LogP contribution in [0.25, 0.3) is 11.6 Å². The molecule has 9 nitrogen and oxygen atoms in total. The number of anilines is 3. The average molecular weight is 468 g/mol. The number of halogens is 1. The van der Waals surface area contributed by atoms with Crippen LogP contribution in [0.15, 0.2) is 23.3 Å². The molecule has 0 spiro atoms. The molecule has 10 heteroatoms. The molecular formula is C24H30FN7O2. The monoisotopic (exact) mass is 467 g/mol. The second-order valence-corrected chi connectivity index (χ2v) is 9.50. The molecule has 0 fully saturated rings. The van der Waals surface area contributed by atoms with E-state index in [1.807, 2.05) is 38.7 Å². The van der Waals surface area contributed by atoms with E-state index in [2.05, 4.69) is 30.9 Å². The van der Waals surface area contributed by atoms with Gasteiger partial charge in [0.05, 0.1) is 18.3 Å². The Bertz CT molecular complexity index is 1190. The van der Waals surface area contributed by atoms with Gasteiger partial charge in [0, 0.05) is 37.5 Å². The van der Waals surface area contributed by atoms with E-state index < -0.39 is 18.0 Å². The zero-order chi connectivity index (χ0) is 24.6. The summed E-state index contributed by atoms with van der Waals surface area (Å²) < 4.78 is 14.8. The van der Waals surface area contributed by atoms with Crippen molar-refractivity contribution >= 4 is 41.0 Å². The van der Waals surface area contributed by atoms with Crippen molar-refractivity contribution in [1.82, 2.24) is 15.3 Å². The summed E-state index contributed by atoms with van der Waals surface area (Å²) in [6, 6.07) is 2.42. The number of aryl methyl sites for hydroxylation is 1. The molecule has 2 amide bonds. The van der Waals surface area contributed by atoms with E-state index in [1.165, 1.54) is 6.07 Å². The third-order valence-electron chi connectivity index (χ3n) is 5.96. The first kappa shape index (κ1) is 23.6. The maximum absolute atomic E-state index is 14.8. The summed E-state index contributed by atoms with van der Waals surface area (Å²) >= 11 is 0. The Morgan fingerprint density at radius 2 is 2.09 bits per heavy atom. The molecule has 180 valence electrons. The van der Waals surface area contributed by atoms with Gasteiger partial charge in [-0.2, -0.15) is 4.98 Å². The summed E-state index contributed by atoms with van der Waals surface area (Å²) in [6.45, 7) is 8.80. The number of hydrogen-bond acceptors (Lipinski definition) is 7. The Balaban J connectivity index is 1.64. The molecule has 1 aromatic carbocycles. The summed E-state index contributed by atoms with van der Waals surface area (Å²) in [4.78, 5) is 28.0. The van der Waals surface area contributed by atoms with Crippen LogP contribution >= 0.6 is 0 Å². The second-order valence-electron chi connectivity index (χ2n) is 9.50. The smallest absolute Gasteiger partial charge is 0.319 e. The van der Waals surface area contributed by atoms with Crippen molar-refractivity contribution < 1.29 is 14.3 Å². The summed E-state index contributed by atoms with van der Waals surface area (Å²) in [5.74, 6) is 1.51. The fourth-order valence-corrected chi connectivity index (χ4v) is 3.84. The molecule has 0 saturated heterocycles. The third kappa shape index (κ3) is 4.58. The van der Waals surface area contributed by atoms with Crippen LogP contribution < -0.4 is 20.9 Å². The van der Waals surface area contributed by atoms with Gasteiger partial charge in [-0.05, 0) is 41.7 Å². The number of aliphatic imine (C=N–C) groups is 1. The molecule has 0 saturated carbocycles. The first-order valence-corrected chi connectivity index (χ1v) is 11.2. The molecule has 1 atom stereocenters. The largest absolute Gasteiger partial charge is 0.391 e. The van der Waals surface area contributed by atoms with Gasteiger partial charge in [-0.3, -0.25) is 4.99 Å². The minimum absolute atomic E-state index is 0.0435. The van der Waals surface area contributed by atoms with Crippen molar-refractivity contribution in [1.29, 1.82) is 0 Å². The molecule has 2 aliphatic rings. The molecule has 34 heavy (non-hydrogen) atoms. The normalized spacial score (nSPS) is 15.7. The number of hydrogen-bond donors (Lipinski definition) is 4. The highest BCUT2D eigenvalue weighted by Gasteiger charge is 2.31. The number of urea groups is 1. The minimum atomic E-state index is -0.735. The Morgan fingerprint density at radius 1 is 1.32 bits per heavy atom. The predicted octanol–water partition coefficient (Wildman–Crippen LogP) is 3.27. The summed E-state index contributed by atoms with van der Waals surface area (Å²) in [6.07, 6.45) is 2.95. The van der Waals surface area contributed by atoms with E-state index in [-0.39, 0.29) is 17.6 Å². The van der Waals surface area contributed by atoms with Gasteiger partial charge in [-0.1, -0.05) is 20.8 Å². The standard InChI is InChI=1S/C24H30FN7O2/c1-13-8-17(25)18(30-23(34)29-12-19(33)24(2,3)4)10-15(13)16-9-14-11-28-22(26-5)31-20(14)32-7-6-27-21(16)32/h8-11,19,33H,6-7,12H2,1-5H3,(H,26,28,31)(H2,29,30,34).